The highest BCUT2D eigenvalue weighted by Crippen LogP contribution is 2.28. The van der Waals surface area contributed by atoms with Crippen LogP contribution in [0.5, 0.6) is 0 Å². The second kappa shape index (κ2) is 8.29. The summed E-state index contributed by atoms with van der Waals surface area (Å²) in [6.45, 7) is 4.44. The van der Waals surface area contributed by atoms with Crippen LogP contribution in [0.4, 0.5) is 10.3 Å². The summed E-state index contributed by atoms with van der Waals surface area (Å²) in [5.74, 6) is 0.485. The van der Waals surface area contributed by atoms with Gasteiger partial charge in [0, 0.05) is 31.1 Å². The van der Waals surface area contributed by atoms with E-state index in [9.17, 15) is 9.50 Å². The molecule has 1 saturated heterocycles. The van der Waals surface area contributed by atoms with Crippen LogP contribution < -0.4 is 10.2 Å². The number of aliphatic hydroxyl groups is 1. The van der Waals surface area contributed by atoms with E-state index in [0.29, 0.717) is 12.6 Å². The number of nitrogens with zero attached hydrogens (tertiary/aromatic N) is 3. The van der Waals surface area contributed by atoms with Crippen molar-refractivity contribution in [3.05, 3.63) is 29.7 Å². The Morgan fingerprint density at radius 1 is 1.14 bits per heavy atom. The number of anilines is 1. The Morgan fingerprint density at radius 3 is 2.79 bits per heavy atom. The van der Waals surface area contributed by atoms with E-state index >= 15 is 0 Å². The van der Waals surface area contributed by atoms with Gasteiger partial charge in [0.2, 0.25) is 5.95 Å². The summed E-state index contributed by atoms with van der Waals surface area (Å²) in [5.41, 5.74) is 1.10. The van der Waals surface area contributed by atoms with Gasteiger partial charge < -0.3 is 15.3 Å². The maximum Gasteiger partial charge on any atom is 0.226 e. The van der Waals surface area contributed by atoms with Gasteiger partial charge in [0.1, 0.15) is 5.82 Å². The standard InChI is InChI=1S/C22H31FN4O/c1-16-19-14-17(23)7-8-20(19)26-21(25-16)27-12-5-6-18(9-13-27)24-15-22(28)10-3-2-4-11-22/h7-8,14,18,24,28H,2-6,9-13,15H2,1H3/t18-/m1/s1. The summed E-state index contributed by atoms with van der Waals surface area (Å²) in [7, 11) is 0. The van der Waals surface area contributed by atoms with Crippen molar-refractivity contribution < 1.29 is 9.50 Å². The van der Waals surface area contributed by atoms with Crippen LogP contribution in [0.1, 0.15) is 57.1 Å². The number of rotatable bonds is 4. The van der Waals surface area contributed by atoms with Crippen molar-refractivity contribution in [1.82, 2.24) is 15.3 Å². The first-order valence-electron chi connectivity index (χ1n) is 10.7. The molecule has 28 heavy (non-hydrogen) atoms. The molecule has 2 heterocycles. The largest absolute Gasteiger partial charge is 0.389 e. The molecule has 0 bridgehead atoms. The minimum atomic E-state index is -0.516. The number of halogens is 1. The first kappa shape index (κ1) is 19.5. The van der Waals surface area contributed by atoms with Gasteiger partial charge in [0.15, 0.2) is 0 Å². The molecular weight excluding hydrogens is 355 g/mol. The molecule has 0 radical (unpaired) electrons. The fraction of sp³-hybridized carbons (Fsp3) is 0.636. The van der Waals surface area contributed by atoms with Crippen molar-refractivity contribution in [1.29, 1.82) is 0 Å². The van der Waals surface area contributed by atoms with Crippen molar-refractivity contribution in [3.8, 4) is 0 Å². The Morgan fingerprint density at radius 2 is 1.96 bits per heavy atom. The molecule has 4 rings (SSSR count). The van der Waals surface area contributed by atoms with Gasteiger partial charge in [-0.25, -0.2) is 14.4 Å². The molecule has 5 nitrogen and oxygen atoms in total. The van der Waals surface area contributed by atoms with Gasteiger partial charge in [-0.2, -0.15) is 0 Å². The number of hydrogen-bond acceptors (Lipinski definition) is 5. The number of fused-ring (bicyclic) bond motifs is 1. The van der Waals surface area contributed by atoms with Crippen LogP contribution in [0.25, 0.3) is 10.9 Å². The van der Waals surface area contributed by atoms with E-state index in [1.807, 2.05) is 6.92 Å². The molecule has 1 atom stereocenters. The Balaban J connectivity index is 1.40. The van der Waals surface area contributed by atoms with E-state index in [4.69, 9.17) is 0 Å². The quantitative estimate of drug-likeness (QED) is 0.839. The lowest BCUT2D eigenvalue weighted by Crippen LogP contribution is -2.45. The topological polar surface area (TPSA) is 61.3 Å². The molecule has 1 aliphatic heterocycles. The third kappa shape index (κ3) is 4.44. The fourth-order valence-electron chi connectivity index (χ4n) is 4.60. The van der Waals surface area contributed by atoms with Crippen LogP contribution in [0.2, 0.25) is 0 Å². The summed E-state index contributed by atoms with van der Waals surface area (Å²) in [6, 6.07) is 5.12. The zero-order chi connectivity index (χ0) is 19.6. The molecule has 1 aromatic heterocycles. The first-order chi connectivity index (χ1) is 13.5. The van der Waals surface area contributed by atoms with Gasteiger partial charge in [0.25, 0.3) is 0 Å². The van der Waals surface area contributed by atoms with E-state index in [0.717, 1.165) is 80.6 Å². The van der Waals surface area contributed by atoms with Crippen molar-refractivity contribution in [3.63, 3.8) is 0 Å². The van der Waals surface area contributed by atoms with Gasteiger partial charge in [-0.1, -0.05) is 19.3 Å². The van der Waals surface area contributed by atoms with E-state index < -0.39 is 5.60 Å². The van der Waals surface area contributed by atoms with Gasteiger partial charge in [-0.05, 0) is 57.2 Å². The van der Waals surface area contributed by atoms with Gasteiger partial charge in [-0.15, -0.1) is 0 Å². The van der Waals surface area contributed by atoms with Crippen LogP contribution in [-0.4, -0.2) is 46.4 Å². The van der Waals surface area contributed by atoms with Crippen molar-refractivity contribution in [2.45, 2.75) is 69.9 Å². The molecule has 0 amide bonds. The Bertz CT molecular complexity index is 822. The molecule has 0 unspecified atom stereocenters. The maximum atomic E-state index is 13.5. The third-order valence-corrected chi connectivity index (χ3v) is 6.35. The summed E-state index contributed by atoms with van der Waals surface area (Å²) in [5, 5.41) is 15.1. The summed E-state index contributed by atoms with van der Waals surface area (Å²) >= 11 is 0. The monoisotopic (exact) mass is 386 g/mol. The summed E-state index contributed by atoms with van der Waals surface area (Å²) < 4.78 is 13.5. The lowest BCUT2D eigenvalue weighted by Gasteiger charge is -2.33. The average Bonchev–Trinajstić information content (AvgIpc) is 2.93. The molecule has 0 spiro atoms. The van der Waals surface area contributed by atoms with Gasteiger partial charge in [-0.3, -0.25) is 0 Å². The molecule has 2 aliphatic rings. The summed E-state index contributed by atoms with van der Waals surface area (Å²) in [4.78, 5) is 11.6. The second-order valence-electron chi connectivity index (χ2n) is 8.55. The molecule has 2 aromatic rings. The average molecular weight is 387 g/mol. The number of hydrogen-bond donors (Lipinski definition) is 2. The van der Waals surface area contributed by atoms with Gasteiger partial charge >= 0.3 is 0 Å². The normalized spacial score (nSPS) is 23.0. The zero-order valence-corrected chi connectivity index (χ0v) is 16.8. The first-order valence-corrected chi connectivity index (χ1v) is 10.7. The van der Waals surface area contributed by atoms with Gasteiger partial charge in [0.05, 0.1) is 16.8 Å². The van der Waals surface area contributed by atoms with Crippen molar-refractivity contribution in [2.24, 2.45) is 0 Å². The van der Waals surface area contributed by atoms with E-state index in [1.54, 1.807) is 6.07 Å². The van der Waals surface area contributed by atoms with Crippen molar-refractivity contribution in [2.75, 3.05) is 24.5 Å². The predicted octanol–water partition coefficient (Wildman–Crippen LogP) is 3.72. The number of aromatic nitrogens is 2. The molecular formula is C22H31FN4O. The SMILES string of the molecule is Cc1nc(N2CCC[C@@H](NCC3(O)CCCCC3)CC2)nc2ccc(F)cc12. The van der Waals surface area contributed by atoms with Crippen LogP contribution in [0, 0.1) is 12.7 Å². The zero-order valence-electron chi connectivity index (χ0n) is 16.8. The lowest BCUT2D eigenvalue weighted by molar-refractivity contribution is 0.00236. The van der Waals surface area contributed by atoms with E-state index in [-0.39, 0.29) is 5.82 Å². The molecule has 1 saturated carbocycles. The molecule has 6 heteroatoms. The molecule has 2 N–H and O–H groups in total. The highest BCUT2D eigenvalue weighted by Gasteiger charge is 2.30. The number of aryl methyl sites for hydroxylation is 1. The van der Waals surface area contributed by atoms with Crippen LogP contribution in [-0.2, 0) is 0 Å². The molecule has 1 aromatic carbocycles. The van der Waals surface area contributed by atoms with Crippen LogP contribution in [0.3, 0.4) is 0 Å². The Hall–Kier alpha value is -1.79. The van der Waals surface area contributed by atoms with Crippen LogP contribution in [0.15, 0.2) is 18.2 Å². The molecule has 2 fully saturated rings. The second-order valence-corrected chi connectivity index (χ2v) is 8.55. The smallest absolute Gasteiger partial charge is 0.226 e. The summed E-state index contributed by atoms with van der Waals surface area (Å²) in [6.07, 6.45) is 8.55. The van der Waals surface area contributed by atoms with E-state index in [1.165, 1.54) is 18.6 Å². The van der Waals surface area contributed by atoms with Crippen LogP contribution >= 0.6 is 0 Å². The minimum Gasteiger partial charge on any atom is -0.389 e. The Labute approximate surface area is 166 Å². The lowest BCUT2D eigenvalue weighted by atomic mass is 9.84. The Kier molecular flexibility index (Phi) is 5.78. The van der Waals surface area contributed by atoms with Crippen molar-refractivity contribution >= 4 is 16.9 Å². The number of benzene rings is 1. The maximum absolute atomic E-state index is 13.5. The highest BCUT2D eigenvalue weighted by atomic mass is 19.1. The molecule has 1 aliphatic carbocycles. The highest BCUT2D eigenvalue weighted by molar-refractivity contribution is 5.81. The number of nitrogens with one attached hydrogen (secondary N) is 1. The fourth-order valence-corrected chi connectivity index (χ4v) is 4.60. The molecule has 152 valence electrons. The predicted molar refractivity (Wildman–Crippen MR) is 110 cm³/mol. The van der Waals surface area contributed by atoms with E-state index in [2.05, 4.69) is 20.2 Å². The minimum absolute atomic E-state index is 0.254. The third-order valence-electron chi connectivity index (χ3n) is 6.35.